The molecule has 108 valence electrons. The number of carbonyl (C=O) groups is 2. The zero-order valence-corrected chi connectivity index (χ0v) is 11.8. The third-order valence-corrected chi connectivity index (χ3v) is 2.55. The van der Waals surface area contributed by atoms with Crippen molar-refractivity contribution in [3.63, 3.8) is 0 Å². The lowest BCUT2D eigenvalue weighted by Gasteiger charge is -2.08. The molecule has 0 radical (unpaired) electrons. The quantitative estimate of drug-likeness (QED) is 0.583. The van der Waals surface area contributed by atoms with Gasteiger partial charge in [0.25, 0.3) is 5.91 Å². The number of hydrazine groups is 1. The molecule has 3 amide bonds. The summed E-state index contributed by atoms with van der Waals surface area (Å²) in [5.41, 5.74) is 5.65. The van der Waals surface area contributed by atoms with E-state index >= 15 is 0 Å². The van der Waals surface area contributed by atoms with E-state index in [0.717, 1.165) is 0 Å². The summed E-state index contributed by atoms with van der Waals surface area (Å²) in [5, 5.41) is 2.51. The molecule has 0 aliphatic heterocycles. The number of anilines is 1. The molecule has 0 fully saturated rings. The van der Waals surface area contributed by atoms with Crippen LogP contribution in [0.3, 0.4) is 0 Å². The van der Waals surface area contributed by atoms with Crippen molar-refractivity contribution in [2.24, 2.45) is 0 Å². The molecule has 0 spiro atoms. The fourth-order valence-electron chi connectivity index (χ4n) is 1.51. The summed E-state index contributed by atoms with van der Waals surface area (Å²) >= 11 is 5.66. The molecule has 0 aliphatic rings. The van der Waals surface area contributed by atoms with Crippen LogP contribution < -0.4 is 16.2 Å². The standard InChI is InChI=1S/C13H12ClN5O2/c1-8-7-10(17-12(14)15-8)11(20)18-19-13(21)16-9-5-3-2-4-6-9/h2-7H,1H3,(H,18,20)(H2,16,19,21). The van der Waals surface area contributed by atoms with Crippen LogP contribution in [0, 0.1) is 6.92 Å². The number of nitrogens with one attached hydrogen (secondary N) is 3. The smallest absolute Gasteiger partial charge is 0.307 e. The fourth-order valence-corrected chi connectivity index (χ4v) is 1.73. The van der Waals surface area contributed by atoms with Gasteiger partial charge in [0.05, 0.1) is 0 Å². The summed E-state index contributed by atoms with van der Waals surface area (Å²) in [5.74, 6) is -0.592. The third-order valence-electron chi connectivity index (χ3n) is 2.38. The number of hydrogen-bond acceptors (Lipinski definition) is 4. The van der Waals surface area contributed by atoms with Crippen molar-refractivity contribution in [1.82, 2.24) is 20.8 Å². The van der Waals surface area contributed by atoms with Crippen LogP contribution in [0.25, 0.3) is 0 Å². The molecule has 2 rings (SSSR count). The lowest BCUT2D eigenvalue weighted by Crippen LogP contribution is -2.44. The monoisotopic (exact) mass is 305 g/mol. The van der Waals surface area contributed by atoms with Gasteiger partial charge in [0.1, 0.15) is 5.69 Å². The molecule has 7 nitrogen and oxygen atoms in total. The molecule has 0 aliphatic carbocycles. The van der Waals surface area contributed by atoms with Gasteiger partial charge in [0.15, 0.2) is 0 Å². The molecule has 0 atom stereocenters. The SMILES string of the molecule is Cc1cc(C(=O)NNC(=O)Nc2ccccc2)nc(Cl)n1. The maximum Gasteiger partial charge on any atom is 0.337 e. The first-order chi connectivity index (χ1) is 10.0. The zero-order valence-electron chi connectivity index (χ0n) is 11.1. The molecule has 2 aromatic rings. The predicted molar refractivity (Wildman–Crippen MR) is 77.8 cm³/mol. The summed E-state index contributed by atoms with van der Waals surface area (Å²) in [6.07, 6.45) is 0. The van der Waals surface area contributed by atoms with Gasteiger partial charge in [-0.3, -0.25) is 10.2 Å². The van der Waals surface area contributed by atoms with Gasteiger partial charge in [-0.25, -0.2) is 20.2 Å². The number of hydrogen-bond donors (Lipinski definition) is 3. The Balaban J connectivity index is 1.90. The van der Waals surface area contributed by atoms with Gasteiger partial charge in [0, 0.05) is 11.4 Å². The molecular weight excluding hydrogens is 294 g/mol. The van der Waals surface area contributed by atoms with E-state index in [1.54, 1.807) is 31.2 Å². The van der Waals surface area contributed by atoms with E-state index in [9.17, 15) is 9.59 Å². The first kappa shape index (κ1) is 14.7. The van der Waals surface area contributed by atoms with Gasteiger partial charge < -0.3 is 5.32 Å². The fraction of sp³-hybridized carbons (Fsp3) is 0.0769. The largest absolute Gasteiger partial charge is 0.337 e. The maximum absolute atomic E-state index is 11.8. The summed E-state index contributed by atoms with van der Waals surface area (Å²) in [6.45, 7) is 1.68. The number of urea groups is 1. The van der Waals surface area contributed by atoms with Gasteiger partial charge in [-0.15, -0.1) is 0 Å². The van der Waals surface area contributed by atoms with E-state index in [1.165, 1.54) is 6.07 Å². The van der Waals surface area contributed by atoms with E-state index in [-0.39, 0.29) is 11.0 Å². The summed E-state index contributed by atoms with van der Waals surface area (Å²) < 4.78 is 0. The van der Waals surface area contributed by atoms with Gasteiger partial charge in [-0.1, -0.05) is 18.2 Å². The molecule has 21 heavy (non-hydrogen) atoms. The number of carbonyl (C=O) groups excluding carboxylic acids is 2. The number of amides is 3. The van der Waals surface area contributed by atoms with E-state index in [2.05, 4.69) is 26.1 Å². The lowest BCUT2D eigenvalue weighted by atomic mass is 10.3. The first-order valence-corrected chi connectivity index (χ1v) is 6.36. The second-order valence-corrected chi connectivity index (χ2v) is 4.40. The lowest BCUT2D eigenvalue weighted by molar-refractivity contribution is 0.0932. The Morgan fingerprint density at radius 1 is 1.10 bits per heavy atom. The van der Waals surface area contributed by atoms with Crippen LogP contribution in [-0.2, 0) is 0 Å². The summed E-state index contributed by atoms with van der Waals surface area (Å²) in [7, 11) is 0. The predicted octanol–water partition coefficient (Wildman–Crippen LogP) is 1.90. The highest BCUT2D eigenvalue weighted by Gasteiger charge is 2.10. The molecule has 1 aromatic carbocycles. The second-order valence-electron chi connectivity index (χ2n) is 4.06. The van der Waals surface area contributed by atoms with Gasteiger partial charge >= 0.3 is 6.03 Å². The molecule has 0 bridgehead atoms. The number of halogens is 1. The van der Waals surface area contributed by atoms with Crippen molar-refractivity contribution in [3.05, 3.63) is 53.1 Å². The van der Waals surface area contributed by atoms with E-state index in [1.807, 2.05) is 6.07 Å². The Kier molecular flexibility index (Phi) is 4.68. The van der Waals surface area contributed by atoms with Crippen LogP contribution in [0.5, 0.6) is 0 Å². The average molecular weight is 306 g/mol. The second kappa shape index (κ2) is 6.67. The molecule has 0 unspecified atom stereocenters. The zero-order chi connectivity index (χ0) is 15.2. The molecule has 0 saturated heterocycles. The minimum absolute atomic E-state index is 0.0334. The third kappa shape index (κ3) is 4.43. The molecule has 3 N–H and O–H groups in total. The number of rotatable bonds is 2. The van der Waals surface area contributed by atoms with Crippen molar-refractivity contribution in [3.8, 4) is 0 Å². The van der Waals surface area contributed by atoms with Crippen LogP contribution in [0.4, 0.5) is 10.5 Å². The number of aryl methyl sites for hydroxylation is 1. The average Bonchev–Trinajstić information content (AvgIpc) is 2.45. The summed E-state index contributed by atoms with van der Waals surface area (Å²) in [6, 6.07) is 9.69. The summed E-state index contributed by atoms with van der Waals surface area (Å²) in [4.78, 5) is 31.0. The Labute approximate surface area is 125 Å². The molecule has 1 heterocycles. The number of para-hydroxylation sites is 1. The van der Waals surface area contributed by atoms with Crippen molar-refractivity contribution >= 4 is 29.2 Å². The topological polar surface area (TPSA) is 96.0 Å². The normalized spacial score (nSPS) is 9.81. The molecular formula is C13H12ClN5O2. The van der Waals surface area contributed by atoms with Gasteiger partial charge in [-0.2, -0.15) is 0 Å². The number of benzene rings is 1. The Morgan fingerprint density at radius 3 is 2.48 bits per heavy atom. The van der Waals surface area contributed by atoms with Crippen LogP contribution >= 0.6 is 11.6 Å². The number of aromatic nitrogens is 2. The highest BCUT2D eigenvalue weighted by Crippen LogP contribution is 2.05. The Bertz CT molecular complexity index is 643. The van der Waals surface area contributed by atoms with Gasteiger partial charge in [-0.05, 0) is 36.7 Å². The minimum Gasteiger partial charge on any atom is -0.307 e. The minimum atomic E-state index is -0.592. The molecule has 1 aromatic heterocycles. The van der Waals surface area contributed by atoms with Crippen LogP contribution in [0.1, 0.15) is 16.2 Å². The number of nitrogens with zero attached hydrogens (tertiary/aromatic N) is 2. The molecule has 0 saturated carbocycles. The van der Waals surface area contributed by atoms with Crippen LogP contribution in [-0.4, -0.2) is 21.9 Å². The first-order valence-electron chi connectivity index (χ1n) is 5.98. The Morgan fingerprint density at radius 2 is 1.81 bits per heavy atom. The Hall–Kier alpha value is -2.67. The van der Waals surface area contributed by atoms with Crippen molar-refractivity contribution in [1.29, 1.82) is 0 Å². The highest BCUT2D eigenvalue weighted by molar-refractivity contribution is 6.28. The van der Waals surface area contributed by atoms with Crippen molar-refractivity contribution in [2.75, 3.05) is 5.32 Å². The van der Waals surface area contributed by atoms with Crippen LogP contribution in [0.15, 0.2) is 36.4 Å². The van der Waals surface area contributed by atoms with Crippen molar-refractivity contribution in [2.45, 2.75) is 6.92 Å². The van der Waals surface area contributed by atoms with Gasteiger partial charge in [0.2, 0.25) is 5.28 Å². The van der Waals surface area contributed by atoms with E-state index in [4.69, 9.17) is 11.6 Å². The maximum atomic E-state index is 11.8. The van der Waals surface area contributed by atoms with E-state index < -0.39 is 11.9 Å². The highest BCUT2D eigenvalue weighted by atomic mass is 35.5. The molecule has 8 heteroatoms. The van der Waals surface area contributed by atoms with Crippen molar-refractivity contribution < 1.29 is 9.59 Å². The van der Waals surface area contributed by atoms with E-state index in [0.29, 0.717) is 11.4 Å². The van der Waals surface area contributed by atoms with Crippen LogP contribution in [0.2, 0.25) is 5.28 Å².